The van der Waals surface area contributed by atoms with Gasteiger partial charge in [0.25, 0.3) is 0 Å². The van der Waals surface area contributed by atoms with Gasteiger partial charge in [0, 0.05) is 12.5 Å². The van der Waals surface area contributed by atoms with Crippen molar-refractivity contribution >= 4 is 0 Å². The Morgan fingerprint density at radius 2 is 2.07 bits per heavy atom. The number of nitrogens with zero attached hydrogens (tertiary/aromatic N) is 1. The predicted octanol–water partition coefficient (Wildman–Crippen LogP) is 2.16. The first kappa shape index (κ1) is 10.4. The van der Waals surface area contributed by atoms with E-state index < -0.39 is 0 Å². The number of nitriles is 1. The molecule has 0 unspecified atom stereocenters. The Kier molecular flexibility index (Phi) is 3.81. The van der Waals surface area contributed by atoms with E-state index in [1.165, 1.54) is 0 Å². The van der Waals surface area contributed by atoms with Gasteiger partial charge in [-0.2, -0.15) is 5.26 Å². The number of ether oxygens (including phenoxy) is 2. The van der Waals surface area contributed by atoms with Crippen molar-refractivity contribution in [2.45, 2.75) is 12.8 Å². The normalized spacial score (nSPS) is 9.21. The largest absolute Gasteiger partial charge is 0.497 e. The van der Waals surface area contributed by atoms with E-state index in [2.05, 4.69) is 6.07 Å². The Morgan fingerprint density at radius 1 is 1.29 bits per heavy atom. The van der Waals surface area contributed by atoms with Crippen LogP contribution in [0.2, 0.25) is 0 Å². The average molecular weight is 191 g/mol. The molecule has 0 spiro atoms. The standard InChI is InChI=1S/C11H13NO2/c1-13-10-6-5-9(4-3-7-12)11(8-10)14-2/h5-6,8H,3-4H2,1-2H3. The van der Waals surface area contributed by atoms with Crippen LogP contribution in [0.15, 0.2) is 18.2 Å². The molecular formula is C11H13NO2. The van der Waals surface area contributed by atoms with Crippen molar-refractivity contribution < 1.29 is 9.47 Å². The third-order valence-corrected chi connectivity index (χ3v) is 2.00. The van der Waals surface area contributed by atoms with Crippen LogP contribution in [0.4, 0.5) is 0 Å². The molecular weight excluding hydrogens is 178 g/mol. The molecule has 74 valence electrons. The summed E-state index contributed by atoms with van der Waals surface area (Å²) in [4.78, 5) is 0. The van der Waals surface area contributed by atoms with Crippen LogP contribution in [0.25, 0.3) is 0 Å². The molecule has 0 bridgehead atoms. The zero-order chi connectivity index (χ0) is 10.4. The molecule has 0 atom stereocenters. The van der Waals surface area contributed by atoms with Gasteiger partial charge in [0.05, 0.1) is 20.3 Å². The molecule has 0 aromatic heterocycles. The van der Waals surface area contributed by atoms with Crippen LogP contribution >= 0.6 is 0 Å². The third-order valence-electron chi connectivity index (χ3n) is 2.00. The summed E-state index contributed by atoms with van der Waals surface area (Å²) < 4.78 is 10.3. The molecule has 0 saturated heterocycles. The summed E-state index contributed by atoms with van der Waals surface area (Å²) in [6.07, 6.45) is 1.21. The van der Waals surface area contributed by atoms with Crippen LogP contribution in [0, 0.1) is 11.3 Å². The molecule has 0 aliphatic heterocycles. The van der Waals surface area contributed by atoms with E-state index in [0.29, 0.717) is 12.8 Å². The highest BCUT2D eigenvalue weighted by Gasteiger charge is 2.03. The van der Waals surface area contributed by atoms with Crippen molar-refractivity contribution in [1.29, 1.82) is 5.26 Å². The highest BCUT2D eigenvalue weighted by atomic mass is 16.5. The van der Waals surface area contributed by atoms with E-state index in [4.69, 9.17) is 14.7 Å². The van der Waals surface area contributed by atoms with Gasteiger partial charge in [-0.05, 0) is 18.1 Å². The van der Waals surface area contributed by atoms with Crippen LogP contribution in [0.1, 0.15) is 12.0 Å². The minimum atomic E-state index is 0.503. The van der Waals surface area contributed by atoms with Gasteiger partial charge in [-0.15, -0.1) is 0 Å². The Morgan fingerprint density at radius 3 is 2.64 bits per heavy atom. The zero-order valence-electron chi connectivity index (χ0n) is 8.41. The first-order chi connectivity index (χ1) is 6.81. The molecule has 0 aliphatic rings. The lowest BCUT2D eigenvalue weighted by atomic mass is 10.1. The summed E-state index contributed by atoms with van der Waals surface area (Å²) >= 11 is 0. The van der Waals surface area contributed by atoms with Crippen molar-refractivity contribution in [1.82, 2.24) is 0 Å². The highest BCUT2D eigenvalue weighted by Crippen LogP contribution is 2.25. The van der Waals surface area contributed by atoms with Crippen molar-refractivity contribution in [3.63, 3.8) is 0 Å². The smallest absolute Gasteiger partial charge is 0.125 e. The Labute approximate surface area is 83.9 Å². The second-order valence-corrected chi connectivity index (χ2v) is 2.84. The van der Waals surface area contributed by atoms with Gasteiger partial charge in [0.1, 0.15) is 11.5 Å². The topological polar surface area (TPSA) is 42.2 Å². The van der Waals surface area contributed by atoms with Gasteiger partial charge in [-0.3, -0.25) is 0 Å². The van der Waals surface area contributed by atoms with Gasteiger partial charge in [0.15, 0.2) is 0 Å². The number of benzene rings is 1. The lowest BCUT2D eigenvalue weighted by Crippen LogP contribution is -1.93. The Bertz CT molecular complexity index is 342. The molecule has 3 heteroatoms. The van der Waals surface area contributed by atoms with Crippen LogP contribution in [-0.4, -0.2) is 14.2 Å². The van der Waals surface area contributed by atoms with E-state index in [1.807, 2.05) is 18.2 Å². The van der Waals surface area contributed by atoms with E-state index in [1.54, 1.807) is 14.2 Å². The van der Waals surface area contributed by atoms with Gasteiger partial charge < -0.3 is 9.47 Å². The van der Waals surface area contributed by atoms with Crippen LogP contribution in [-0.2, 0) is 6.42 Å². The fourth-order valence-corrected chi connectivity index (χ4v) is 1.25. The summed E-state index contributed by atoms with van der Waals surface area (Å²) in [7, 11) is 3.23. The monoisotopic (exact) mass is 191 g/mol. The molecule has 0 aliphatic carbocycles. The van der Waals surface area contributed by atoms with Gasteiger partial charge in [0.2, 0.25) is 0 Å². The van der Waals surface area contributed by atoms with E-state index in [9.17, 15) is 0 Å². The predicted molar refractivity (Wildman–Crippen MR) is 53.5 cm³/mol. The van der Waals surface area contributed by atoms with Crippen molar-refractivity contribution in [2.75, 3.05) is 14.2 Å². The van der Waals surface area contributed by atoms with E-state index >= 15 is 0 Å². The SMILES string of the molecule is COc1ccc(CCC#N)c(OC)c1. The van der Waals surface area contributed by atoms with Crippen LogP contribution < -0.4 is 9.47 Å². The molecule has 0 amide bonds. The van der Waals surface area contributed by atoms with Crippen LogP contribution in [0.3, 0.4) is 0 Å². The fourth-order valence-electron chi connectivity index (χ4n) is 1.25. The number of hydrogen-bond acceptors (Lipinski definition) is 3. The van der Waals surface area contributed by atoms with Crippen molar-refractivity contribution in [3.8, 4) is 17.6 Å². The molecule has 14 heavy (non-hydrogen) atoms. The van der Waals surface area contributed by atoms with E-state index in [-0.39, 0.29) is 0 Å². The van der Waals surface area contributed by atoms with E-state index in [0.717, 1.165) is 17.1 Å². The van der Waals surface area contributed by atoms with Crippen molar-refractivity contribution in [2.24, 2.45) is 0 Å². The molecule has 0 heterocycles. The van der Waals surface area contributed by atoms with Crippen LogP contribution in [0.5, 0.6) is 11.5 Å². The summed E-state index contributed by atoms with van der Waals surface area (Å²) in [5, 5.41) is 8.48. The molecule has 1 aromatic carbocycles. The minimum Gasteiger partial charge on any atom is -0.497 e. The summed E-state index contributed by atoms with van der Waals surface area (Å²) in [6.45, 7) is 0. The first-order valence-electron chi connectivity index (χ1n) is 4.39. The molecule has 3 nitrogen and oxygen atoms in total. The quantitative estimate of drug-likeness (QED) is 0.732. The van der Waals surface area contributed by atoms with Gasteiger partial charge in [-0.1, -0.05) is 6.07 Å². The maximum Gasteiger partial charge on any atom is 0.125 e. The van der Waals surface area contributed by atoms with Gasteiger partial charge >= 0.3 is 0 Å². The lowest BCUT2D eigenvalue weighted by molar-refractivity contribution is 0.391. The summed E-state index contributed by atoms with van der Waals surface area (Å²) in [6, 6.07) is 7.73. The maximum absolute atomic E-state index is 8.48. The molecule has 1 aromatic rings. The second kappa shape index (κ2) is 5.13. The third kappa shape index (κ3) is 2.40. The zero-order valence-corrected chi connectivity index (χ0v) is 8.41. The van der Waals surface area contributed by atoms with Gasteiger partial charge in [-0.25, -0.2) is 0 Å². The Balaban J connectivity index is 2.88. The summed E-state index contributed by atoms with van der Waals surface area (Å²) in [5.41, 5.74) is 1.04. The number of hydrogen-bond donors (Lipinski definition) is 0. The molecule has 0 N–H and O–H groups in total. The molecule has 0 saturated carbocycles. The number of aryl methyl sites for hydroxylation is 1. The lowest BCUT2D eigenvalue weighted by Gasteiger charge is -2.08. The van der Waals surface area contributed by atoms with Crippen molar-refractivity contribution in [3.05, 3.63) is 23.8 Å². The molecule has 1 rings (SSSR count). The Hall–Kier alpha value is -1.69. The molecule has 0 fully saturated rings. The minimum absolute atomic E-state index is 0.503. The molecule has 0 radical (unpaired) electrons. The second-order valence-electron chi connectivity index (χ2n) is 2.84. The average Bonchev–Trinajstić information content (AvgIpc) is 2.26. The number of methoxy groups -OCH3 is 2. The maximum atomic E-state index is 8.48. The fraction of sp³-hybridized carbons (Fsp3) is 0.364. The highest BCUT2D eigenvalue weighted by molar-refractivity contribution is 5.40. The summed E-state index contributed by atoms with van der Waals surface area (Å²) in [5.74, 6) is 1.54. The first-order valence-corrected chi connectivity index (χ1v) is 4.39. The number of rotatable bonds is 4.